The fourth-order valence-electron chi connectivity index (χ4n) is 1.18. The highest BCUT2D eigenvalue weighted by molar-refractivity contribution is 5.86. The summed E-state index contributed by atoms with van der Waals surface area (Å²) in [6.07, 6.45) is 0. The molecule has 76 valence electrons. The third-order valence-electron chi connectivity index (χ3n) is 2.26. The zero-order chi connectivity index (χ0) is 10.8. The van der Waals surface area contributed by atoms with Crippen molar-refractivity contribution in [2.24, 2.45) is 5.84 Å². The molecule has 0 aliphatic heterocycles. The van der Waals surface area contributed by atoms with Crippen LogP contribution in [0.25, 0.3) is 0 Å². The Balaban J connectivity index is 3.03. The number of halogens is 1. The Morgan fingerprint density at radius 2 is 1.86 bits per heavy atom. The summed E-state index contributed by atoms with van der Waals surface area (Å²) in [6, 6.07) is 5.79. The number of hydrazine groups is 1. The molecule has 14 heavy (non-hydrogen) atoms. The highest BCUT2D eigenvalue weighted by atomic mass is 19.1. The fourth-order valence-corrected chi connectivity index (χ4v) is 1.18. The maximum atomic E-state index is 12.6. The smallest absolute Gasteiger partial charge is 0.243 e. The number of benzene rings is 1. The third kappa shape index (κ3) is 1.90. The van der Waals surface area contributed by atoms with E-state index in [9.17, 15) is 9.18 Å². The average molecular weight is 196 g/mol. The predicted molar refractivity (Wildman–Crippen MR) is 51.8 cm³/mol. The number of hydrogen-bond acceptors (Lipinski definition) is 2. The van der Waals surface area contributed by atoms with E-state index in [1.165, 1.54) is 12.1 Å². The summed E-state index contributed by atoms with van der Waals surface area (Å²) in [6.45, 7) is 3.45. The van der Waals surface area contributed by atoms with Crippen molar-refractivity contribution in [3.05, 3.63) is 35.6 Å². The largest absolute Gasteiger partial charge is 0.294 e. The van der Waals surface area contributed by atoms with E-state index >= 15 is 0 Å². The van der Waals surface area contributed by atoms with Crippen LogP contribution in [0.5, 0.6) is 0 Å². The van der Waals surface area contributed by atoms with Gasteiger partial charge in [0.25, 0.3) is 0 Å². The van der Waals surface area contributed by atoms with Crippen LogP contribution in [0.1, 0.15) is 19.4 Å². The molecule has 0 aromatic heterocycles. The highest BCUT2D eigenvalue weighted by Gasteiger charge is 2.28. The first-order chi connectivity index (χ1) is 6.48. The molecule has 1 aromatic carbocycles. The van der Waals surface area contributed by atoms with Crippen LogP contribution in [0.4, 0.5) is 4.39 Å². The molecule has 1 aromatic rings. The summed E-state index contributed by atoms with van der Waals surface area (Å²) in [5.74, 6) is 4.43. The Morgan fingerprint density at radius 1 is 1.36 bits per heavy atom. The molecule has 0 unspecified atom stereocenters. The molecular weight excluding hydrogens is 183 g/mol. The van der Waals surface area contributed by atoms with Crippen LogP contribution in [0, 0.1) is 5.82 Å². The second kappa shape index (κ2) is 3.75. The molecule has 0 fully saturated rings. The van der Waals surface area contributed by atoms with E-state index in [0.717, 1.165) is 5.56 Å². The zero-order valence-electron chi connectivity index (χ0n) is 8.17. The summed E-state index contributed by atoms with van der Waals surface area (Å²) < 4.78 is 12.6. The quantitative estimate of drug-likeness (QED) is 0.422. The van der Waals surface area contributed by atoms with Crippen molar-refractivity contribution in [2.75, 3.05) is 0 Å². The molecule has 4 heteroatoms. The highest BCUT2D eigenvalue weighted by Crippen LogP contribution is 2.23. The van der Waals surface area contributed by atoms with Gasteiger partial charge in [0.2, 0.25) is 5.91 Å². The minimum atomic E-state index is -0.748. The molecule has 1 rings (SSSR count). The number of nitrogens with one attached hydrogen (secondary N) is 1. The summed E-state index contributed by atoms with van der Waals surface area (Å²) >= 11 is 0. The second-order valence-electron chi connectivity index (χ2n) is 3.61. The van der Waals surface area contributed by atoms with Gasteiger partial charge in [0.1, 0.15) is 5.82 Å². The van der Waals surface area contributed by atoms with E-state index in [-0.39, 0.29) is 11.7 Å². The lowest BCUT2D eigenvalue weighted by Crippen LogP contribution is -2.43. The molecular formula is C10H13FN2O. The van der Waals surface area contributed by atoms with Gasteiger partial charge in [0.15, 0.2) is 0 Å². The van der Waals surface area contributed by atoms with Gasteiger partial charge in [-0.25, -0.2) is 10.2 Å². The minimum absolute atomic E-state index is 0.302. The van der Waals surface area contributed by atoms with Crippen molar-refractivity contribution in [3.63, 3.8) is 0 Å². The van der Waals surface area contributed by atoms with Crippen LogP contribution >= 0.6 is 0 Å². The molecule has 0 aliphatic carbocycles. The Hall–Kier alpha value is -1.42. The topological polar surface area (TPSA) is 55.1 Å². The van der Waals surface area contributed by atoms with Gasteiger partial charge in [0.05, 0.1) is 5.41 Å². The maximum Gasteiger partial charge on any atom is 0.243 e. The van der Waals surface area contributed by atoms with Crippen molar-refractivity contribution >= 4 is 5.91 Å². The van der Waals surface area contributed by atoms with Crippen molar-refractivity contribution in [2.45, 2.75) is 19.3 Å². The summed E-state index contributed by atoms with van der Waals surface area (Å²) in [4.78, 5) is 11.4. The van der Waals surface area contributed by atoms with Gasteiger partial charge in [-0.15, -0.1) is 0 Å². The average Bonchev–Trinajstić information content (AvgIpc) is 2.17. The summed E-state index contributed by atoms with van der Waals surface area (Å²) in [5, 5.41) is 0. The maximum absolute atomic E-state index is 12.6. The van der Waals surface area contributed by atoms with Gasteiger partial charge in [-0.2, -0.15) is 0 Å². The number of nitrogens with two attached hydrogens (primary N) is 1. The van der Waals surface area contributed by atoms with Crippen molar-refractivity contribution < 1.29 is 9.18 Å². The number of carbonyl (C=O) groups is 1. The Kier molecular flexibility index (Phi) is 2.86. The first kappa shape index (κ1) is 10.7. The van der Waals surface area contributed by atoms with Crippen molar-refractivity contribution in [1.29, 1.82) is 0 Å². The lowest BCUT2D eigenvalue weighted by Gasteiger charge is -2.22. The Labute approximate surface area is 82.1 Å². The molecule has 0 saturated carbocycles. The van der Waals surface area contributed by atoms with Crippen LogP contribution in [-0.4, -0.2) is 5.91 Å². The lowest BCUT2D eigenvalue weighted by molar-refractivity contribution is -0.125. The molecule has 0 spiro atoms. The Morgan fingerprint density at radius 3 is 2.29 bits per heavy atom. The van der Waals surface area contributed by atoms with Crippen LogP contribution in [0.2, 0.25) is 0 Å². The SMILES string of the molecule is CC(C)(C(=O)NN)c1ccc(F)cc1. The fraction of sp³-hybridized carbons (Fsp3) is 0.300. The van der Waals surface area contributed by atoms with E-state index < -0.39 is 5.41 Å². The van der Waals surface area contributed by atoms with Gasteiger partial charge in [-0.05, 0) is 31.5 Å². The van der Waals surface area contributed by atoms with Crippen LogP contribution in [0.3, 0.4) is 0 Å². The molecule has 0 saturated heterocycles. The van der Waals surface area contributed by atoms with Gasteiger partial charge in [-0.3, -0.25) is 10.2 Å². The first-order valence-corrected chi connectivity index (χ1v) is 4.25. The lowest BCUT2D eigenvalue weighted by atomic mass is 9.84. The number of rotatable bonds is 2. The van der Waals surface area contributed by atoms with Gasteiger partial charge in [-0.1, -0.05) is 12.1 Å². The molecule has 0 heterocycles. The molecule has 1 amide bonds. The molecule has 0 aliphatic rings. The second-order valence-corrected chi connectivity index (χ2v) is 3.61. The number of hydrogen-bond donors (Lipinski definition) is 2. The first-order valence-electron chi connectivity index (χ1n) is 4.25. The molecule has 3 N–H and O–H groups in total. The van der Waals surface area contributed by atoms with E-state index in [1.807, 2.05) is 0 Å². The zero-order valence-corrected chi connectivity index (χ0v) is 8.17. The third-order valence-corrected chi connectivity index (χ3v) is 2.26. The van der Waals surface area contributed by atoms with E-state index in [0.29, 0.717) is 0 Å². The van der Waals surface area contributed by atoms with E-state index in [1.54, 1.807) is 26.0 Å². The number of carbonyl (C=O) groups excluding carboxylic acids is 1. The minimum Gasteiger partial charge on any atom is -0.294 e. The Bertz CT molecular complexity index is 332. The van der Waals surface area contributed by atoms with Gasteiger partial charge in [0, 0.05) is 0 Å². The normalized spacial score (nSPS) is 11.1. The monoisotopic (exact) mass is 196 g/mol. The van der Waals surface area contributed by atoms with Crippen LogP contribution < -0.4 is 11.3 Å². The van der Waals surface area contributed by atoms with Gasteiger partial charge >= 0.3 is 0 Å². The van der Waals surface area contributed by atoms with Crippen molar-refractivity contribution in [1.82, 2.24) is 5.43 Å². The number of amides is 1. The van der Waals surface area contributed by atoms with Crippen LogP contribution in [0.15, 0.2) is 24.3 Å². The van der Waals surface area contributed by atoms with E-state index in [2.05, 4.69) is 5.43 Å². The standard InChI is InChI=1S/C10H13FN2O/c1-10(2,9(14)13-12)7-3-5-8(11)6-4-7/h3-6H,12H2,1-2H3,(H,13,14). The summed E-state index contributed by atoms with van der Waals surface area (Å²) in [7, 11) is 0. The van der Waals surface area contributed by atoms with E-state index in [4.69, 9.17) is 5.84 Å². The molecule has 0 radical (unpaired) electrons. The van der Waals surface area contributed by atoms with Gasteiger partial charge < -0.3 is 0 Å². The molecule has 0 bridgehead atoms. The predicted octanol–water partition coefficient (Wildman–Crippen LogP) is 1.09. The van der Waals surface area contributed by atoms with Crippen molar-refractivity contribution in [3.8, 4) is 0 Å². The molecule has 0 atom stereocenters. The summed E-state index contributed by atoms with van der Waals surface area (Å²) in [5.41, 5.74) is 2.06. The van der Waals surface area contributed by atoms with Crippen LogP contribution in [-0.2, 0) is 10.2 Å². The molecule has 3 nitrogen and oxygen atoms in total.